The minimum Gasteiger partial charge on any atom is -0.306 e. The summed E-state index contributed by atoms with van der Waals surface area (Å²) in [5, 5.41) is 7.46. The second-order valence-electron chi connectivity index (χ2n) is 7.28. The Hall–Kier alpha value is -2.93. The lowest BCUT2D eigenvalue weighted by molar-refractivity contribution is 0.102. The predicted molar refractivity (Wildman–Crippen MR) is 108 cm³/mol. The number of hydrogen-bond donors (Lipinski definition) is 1. The van der Waals surface area contributed by atoms with Gasteiger partial charge >= 0.3 is 0 Å². The number of benzene rings is 2. The van der Waals surface area contributed by atoms with Gasteiger partial charge in [-0.2, -0.15) is 5.10 Å². The molecule has 2 aromatic carbocycles. The number of nitrogens with zero attached hydrogens (tertiary/aromatic N) is 2. The van der Waals surface area contributed by atoms with Crippen LogP contribution in [0.3, 0.4) is 0 Å². The molecule has 0 bridgehead atoms. The Bertz CT molecular complexity index is 1210. The Morgan fingerprint density at radius 2 is 1.79 bits per heavy atom. The van der Waals surface area contributed by atoms with E-state index in [4.69, 9.17) is 0 Å². The van der Waals surface area contributed by atoms with Gasteiger partial charge in [-0.25, -0.2) is 13.1 Å². The fourth-order valence-electron chi connectivity index (χ4n) is 3.59. The van der Waals surface area contributed by atoms with Gasteiger partial charge in [0.1, 0.15) is 5.82 Å². The number of nitrogens with one attached hydrogen (secondary N) is 1. The number of rotatable bonds is 3. The van der Waals surface area contributed by atoms with Gasteiger partial charge in [-0.15, -0.1) is 0 Å². The van der Waals surface area contributed by atoms with E-state index in [2.05, 4.69) is 10.4 Å². The number of aromatic nitrogens is 2. The van der Waals surface area contributed by atoms with Crippen LogP contribution in [-0.4, -0.2) is 24.1 Å². The Balaban J connectivity index is 1.83. The van der Waals surface area contributed by atoms with Crippen LogP contribution in [0.2, 0.25) is 0 Å². The maximum atomic E-state index is 12.9. The van der Waals surface area contributed by atoms with Crippen molar-refractivity contribution in [3.05, 3.63) is 76.0 Å². The highest BCUT2D eigenvalue weighted by atomic mass is 32.2. The molecule has 0 fully saturated rings. The van der Waals surface area contributed by atoms with Gasteiger partial charge in [-0.1, -0.05) is 35.9 Å². The third kappa shape index (κ3) is 3.22. The number of carbonyl (C=O) groups is 1. The molecule has 0 saturated carbocycles. The van der Waals surface area contributed by atoms with Crippen LogP contribution >= 0.6 is 0 Å². The first-order valence-corrected chi connectivity index (χ1v) is 10.8. The highest BCUT2D eigenvalue weighted by molar-refractivity contribution is 7.90. The van der Waals surface area contributed by atoms with E-state index in [1.807, 2.05) is 51.1 Å². The molecule has 1 aromatic heterocycles. The molecule has 0 spiro atoms. The molecule has 0 radical (unpaired) electrons. The highest BCUT2D eigenvalue weighted by Crippen LogP contribution is 2.34. The van der Waals surface area contributed by atoms with Gasteiger partial charge in [0.2, 0.25) is 0 Å². The largest absolute Gasteiger partial charge is 0.306 e. The van der Waals surface area contributed by atoms with Crippen molar-refractivity contribution in [2.75, 3.05) is 5.32 Å². The fourth-order valence-corrected chi connectivity index (χ4v) is 5.08. The molecule has 2 heterocycles. The molecule has 6 nitrogen and oxygen atoms in total. The van der Waals surface area contributed by atoms with Crippen molar-refractivity contribution in [2.24, 2.45) is 0 Å². The summed E-state index contributed by atoms with van der Waals surface area (Å²) in [5.74, 6) is -0.0724. The average Bonchev–Trinajstić information content (AvgIpc) is 3.08. The summed E-state index contributed by atoms with van der Waals surface area (Å²) in [6, 6.07) is 13.2. The van der Waals surface area contributed by atoms with Crippen molar-refractivity contribution in [3.8, 4) is 5.69 Å². The molecule has 0 aliphatic carbocycles. The smallest absolute Gasteiger partial charge is 0.257 e. The van der Waals surface area contributed by atoms with E-state index >= 15 is 0 Å². The molecule has 0 atom stereocenters. The van der Waals surface area contributed by atoms with Crippen molar-refractivity contribution in [1.82, 2.24) is 9.78 Å². The van der Waals surface area contributed by atoms with E-state index in [1.165, 1.54) is 0 Å². The molecule has 1 N–H and O–H groups in total. The van der Waals surface area contributed by atoms with Gasteiger partial charge in [-0.05, 0) is 44.0 Å². The summed E-state index contributed by atoms with van der Waals surface area (Å²) >= 11 is 0. The minimum absolute atomic E-state index is 0.104. The third-order valence-corrected chi connectivity index (χ3v) is 6.43. The molecule has 1 aliphatic rings. The number of aryl methyl sites for hydroxylation is 3. The maximum Gasteiger partial charge on any atom is 0.257 e. The zero-order valence-corrected chi connectivity index (χ0v) is 16.8. The molecule has 0 saturated heterocycles. The van der Waals surface area contributed by atoms with E-state index in [0.29, 0.717) is 22.6 Å². The molecular weight excluding hydrogens is 374 g/mol. The first-order valence-electron chi connectivity index (χ1n) is 9.01. The molecule has 1 aliphatic heterocycles. The van der Waals surface area contributed by atoms with Crippen LogP contribution in [0.15, 0.2) is 42.5 Å². The summed E-state index contributed by atoms with van der Waals surface area (Å²) in [6.45, 7) is 5.84. The molecule has 3 aromatic rings. The van der Waals surface area contributed by atoms with Crippen LogP contribution in [0.1, 0.15) is 38.3 Å². The van der Waals surface area contributed by atoms with Crippen molar-refractivity contribution < 1.29 is 13.2 Å². The summed E-state index contributed by atoms with van der Waals surface area (Å²) < 4.78 is 25.9. The van der Waals surface area contributed by atoms with Crippen LogP contribution in [0, 0.1) is 20.8 Å². The zero-order chi connectivity index (χ0) is 20.1. The van der Waals surface area contributed by atoms with E-state index < -0.39 is 9.84 Å². The first kappa shape index (κ1) is 18.4. The summed E-state index contributed by atoms with van der Waals surface area (Å²) in [7, 11) is -3.24. The number of hydrogen-bond acceptors (Lipinski definition) is 4. The summed E-state index contributed by atoms with van der Waals surface area (Å²) in [4.78, 5) is 12.9. The van der Waals surface area contributed by atoms with Crippen molar-refractivity contribution >= 4 is 21.6 Å². The van der Waals surface area contributed by atoms with Gasteiger partial charge in [0, 0.05) is 11.1 Å². The van der Waals surface area contributed by atoms with Crippen LogP contribution in [-0.2, 0) is 21.3 Å². The lowest BCUT2D eigenvalue weighted by Crippen LogP contribution is -2.18. The van der Waals surface area contributed by atoms with Gasteiger partial charge in [0.05, 0.1) is 22.9 Å². The van der Waals surface area contributed by atoms with E-state index in [0.717, 1.165) is 22.4 Å². The second kappa shape index (κ2) is 6.60. The molecule has 28 heavy (non-hydrogen) atoms. The number of sulfone groups is 1. The Morgan fingerprint density at radius 3 is 2.50 bits per heavy atom. The molecule has 1 amide bonds. The molecule has 0 unspecified atom stereocenters. The molecule has 7 heteroatoms. The fraction of sp³-hybridized carbons (Fsp3) is 0.238. The van der Waals surface area contributed by atoms with Crippen LogP contribution in [0.25, 0.3) is 5.69 Å². The Morgan fingerprint density at radius 1 is 1.04 bits per heavy atom. The van der Waals surface area contributed by atoms with E-state index in [-0.39, 0.29) is 17.4 Å². The Kier molecular flexibility index (Phi) is 4.34. The van der Waals surface area contributed by atoms with Crippen molar-refractivity contribution in [3.63, 3.8) is 0 Å². The monoisotopic (exact) mass is 395 g/mol. The highest BCUT2D eigenvalue weighted by Gasteiger charge is 2.33. The van der Waals surface area contributed by atoms with Crippen LogP contribution in [0.5, 0.6) is 0 Å². The Labute approximate surface area is 164 Å². The lowest BCUT2D eigenvalue weighted by Gasteiger charge is -2.14. The summed E-state index contributed by atoms with van der Waals surface area (Å²) in [6.07, 6.45) is 0. The van der Waals surface area contributed by atoms with Gasteiger partial charge in [0.25, 0.3) is 5.91 Å². The standard InChI is InChI=1S/C21H21N3O3S/c1-13-8-9-19(15(3)10-13)24-20(17-11-28(26,27)12-18(17)23-24)22-21(25)16-7-5-4-6-14(16)2/h4-10H,11-12H2,1-3H3,(H,22,25). The number of anilines is 1. The van der Waals surface area contributed by atoms with E-state index in [9.17, 15) is 13.2 Å². The minimum atomic E-state index is -3.24. The lowest BCUT2D eigenvalue weighted by atomic mass is 10.1. The van der Waals surface area contributed by atoms with Gasteiger partial charge in [0.15, 0.2) is 9.84 Å². The summed E-state index contributed by atoms with van der Waals surface area (Å²) in [5.41, 5.74) is 5.40. The van der Waals surface area contributed by atoms with Crippen molar-refractivity contribution in [1.29, 1.82) is 0 Å². The zero-order valence-electron chi connectivity index (χ0n) is 16.0. The normalized spacial score (nSPS) is 14.7. The average molecular weight is 395 g/mol. The van der Waals surface area contributed by atoms with Crippen LogP contribution < -0.4 is 5.32 Å². The first-order chi connectivity index (χ1) is 13.2. The number of carbonyl (C=O) groups excluding carboxylic acids is 1. The number of amides is 1. The maximum absolute atomic E-state index is 12.9. The quantitative estimate of drug-likeness (QED) is 0.736. The van der Waals surface area contributed by atoms with Gasteiger partial charge in [-0.3, -0.25) is 4.79 Å². The van der Waals surface area contributed by atoms with E-state index in [1.54, 1.807) is 16.8 Å². The van der Waals surface area contributed by atoms with Gasteiger partial charge < -0.3 is 5.32 Å². The SMILES string of the molecule is Cc1ccc(-n2nc3c(c2NC(=O)c2ccccc2C)CS(=O)(=O)C3)c(C)c1. The van der Waals surface area contributed by atoms with Crippen LogP contribution in [0.4, 0.5) is 5.82 Å². The number of fused-ring (bicyclic) bond motifs is 1. The molecule has 144 valence electrons. The molecular formula is C21H21N3O3S. The molecule has 4 rings (SSSR count). The second-order valence-corrected chi connectivity index (χ2v) is 9.34. The van der Waals surface area contributed by atoms with Crippen molar-refractivity contribution in [2.45, 2.75) is 32.3 Å². The third-order valence-electron chi connectivity index (χ3n) is 4.99. The topological polar surface area (TPSA) is 81.1 Å². The predicted octanol–water partition coefficient (Wildman–Crippen LogP) is 3.48.